The molecule has 1 aliphatic heterocycles. The summed E-state index contributed by atoms with van der Waals surface area (Å²) in [5.74, 6) is 1.09. The highest BCUT2D eigenvalue weighted by molar-refractivity contribution is 14.0. The minimum atomic E-state index is 0. The number of nitrogens with zero attached hydrogens (tertiary/aromatic N) is 3. The number of nitrogens with one attached hydrogen (secondary N) is 2. The topological polar surface area (TPSA) is 60.0 Å². The maximum absolute atomic E-state index is 11.4. The van der Waals surface area contributed by atoms with E-state index < -0.39 is 0 Å². The molecule has 1 saturated heterocycles. The second kappa shape index (κ2) is 11.0. The lowest BCUT2D eigenvalue weighted by Crippen LogP contribution is -2.50. The molecule has 3 rings (SSSR count). The SMILES string of the molecule is CCNC(=NCC1(c2ccccc2)CC1)NCCN1CCN(C(C)=O)CC1.I. The van der Waals surface area contributed by atoms with Gasteiger partial charge in [0.1, 0.15) is 0 Å². The van der Waals surface area contributed by atoms with Crippen LogP contribution in [0.5, 0.6) is 0 Å². The molecule has 156 valence electrons. The fourth-order valence-electron chi connectivity index (χ4n) is 3.67. The molecule has 2 aliphatic rings. The Hall–Kier alpha value is -1.35. The second-order valence-corrected chi connectivity index (χ2v) is 7.62. The highest BCUT2D eigenvalue weighted by atomic mass is 127. The van der Waals surface area contributed by atoms with Crippen LogP contribution in [0.2, 0.25) is 0 Å². The van der Waals surface area contributed by atoms with Crippen molar-refractivity contribution in [3.63, 3.8) is 0 Å². The normalized spacial score (nSPS) is 18.9. The number of benzene rings is 1. The number of carbonyl (C=O) groups is 1. The quantitative estimate of drug-likeness (QED) is 0.343. The van der Waals surface area contributed by atoms with Crippen molar-refractivity contribution in [2.24, 2.45) is 4.99 Å². The number of piperazine rings is 1. The first kappa shape index (κ1) is 22.9. The number of aliphatic imine (C=N–C) groups is 1. The van der Waals surface area contributed by atoms with Crippen LogP contribution in [0.4, 0.5) is 0 Å². The molecule has 0 spiro atoms. The Balaban J connectivity index is 0.00000280. The van der Waals surface area contributed by atoms with Crippen LogP contribution in [0.15, 0.2) is 35.3 Å². The minimum Gasteiger partial charge on any atom is -0.357 e. The van der Waals surface area contributed by atoms with Gasteiger partial charge in [-0.15, -0.1) is 24.0 Å². The Morgan fingerprint density at radius 3 is 2.36 bits per heavy atom. The third-order valence-electron chi connectivity index (χ3n) is 5.66. The predicted octanol–water partition coefficient (Wildman–Crippen LogP) is 2.06. The Bertz CT molecular complexity index is 639. The fourth-order valence-corrected chi connectivity index (χ4v) is 3.67. The van der Waals surface area contributed by atoms with E-state index in [4.69, 9.17) is 4.99 Å². The van der Waals surface area contributed by atoms with E-state index in [0.717, 1.165) is 58.3 Å². The number of hydrogen-bond acceptors (Lipinski definition) is 3. The molecule has 0 unspecified atom stereocenters. The molecule has 1 saturated carbocycles. The highest BCUT2D eigenvalue weighted by Gasteiger charge is 2.43. The van der Waals surface area contributed by atoms with Gasteiger partial charge in [0.25, 0.3) is 0 Å². The van der Waals surface area contributed by atoms with Crippen LogP contribution in [0.1, 0.15) is 32.3 Å². The van der Waals surface area contributed by atoms with Crippen molar-refractivity contribution in [1.82, 2.24) is 20.4 Å². The Kier molecular flexibility index (Phi) is 9.01. The van der Waals surface area contributed by atoms with E-state index in [2.05, 4.69) is 52.8 Å². The molecule has 28 heavy (non-hydrogen) atoms. The number of amides is 1. The summed E-state index contributed by atoms with van der Waals surface area (Å²) in [5, 5.41) is 6.83. The molecular formula is C21H34IN5O. The maximum Gasteiger partial charge on any atom is 0.219 e. The van der Waals surface area contributed by atoms with Crippen molar-refractivity contribution in [3.8, 4) is 0 Å². The molecule has 0 radical (unpaired) electrons. The van der Waals surface area contributed by atoms with E-state index in [1.807, 2.05) is 4.90 Å². The van der Waals surface area contributed by atoms with Gasteiger partial charge in [-0.1, -0.05) is 30.3 Å². The fraction of sp³-hybridized carbons (Fsp3) is 0.619. The standard InChI is InChI=1S/C21H33N5O.HI/c1-3-22-20(23-11-12-25-13-15-26(16-14-25)18(2)27)24-17-21(9-10-21)19-7-5-4-6-8-19;/h4-8H,3,9-17H2,1-2H3,(H2,22,23,24);1H. The molecule has 0 atom stereocenters. The van der Waals surface area contributed by atoms with Gasteiger partial charge in [0, 0.05) is 58.2 Å². The van der Waals surface area contributed by atoms with Crippen molar-refractivity contribution in [2.75, 3.05) is 52.4 Å². The van der Waals surface area contributed by atoms with E-state index in [-0.39, 0.29) is 35.3 Å². The van der Waals surface area contributed by atoms with E-state index in [9.17, 15) is 4.79 Å². The van der Waals surface area contributed by atoms with Crippen LogP contribution < -0.4 is 10.6 Å². The molecule has 1 amide bonds. The van der Waals surface area contributed by atoms with Crippen molar-refractivity contribution in [1.29, 1.82) is 0 Å². The summed E-state index contributed by atoms with van der Waals surface area (Å²) >= 11 is 0. The molecule has 1 aromatic rings. The summed E-state index contributed by atoms with van der Waals surface area (Å²) in [6.45, 7) is 10.9. The van der Waals surface area contributed by atoms with Crippen LogP contribution in [-0.4, -0.2) is 74.0 Å². The third-order valence-corrected chi connectivity index (χ3v) is 5.66. The third kappa shape index (κ3) is 6.34. The summed E-state index contributed by atoms with van der Waals surface area (Å²) < 4.78 is 0. The molecule has 1 aliphatic carbocycles. The number of guanidine groups is 1. The van der Waals surface area contributed by atoms with Gasteiger partial charge in [0.15, 0.2) is 5.96 Å². The first-order chi connectivity index (χ1) is 13.1. The van der Waals surface area contributed by atoms with E-state index in [0.29, 0.717) is 0 Å². The minimum absolute atomic E-state index is 0. The first-order valence-electron chi connectivity index (χ1n) is 10.2. The molecule has 7 heteroatoms. The Labute approximate surface area is 186 Å². The molecule has 1 aromatic carbocycles. The van der Waals surface area contributed by atoms with E-state index in [1.165, 1.54) is 18.4 Å². The lowest BCUT2D eigenvalue weighted by Gasteiger charge is -2.34. The zero-order chi connectivity index (χ0) is 19.1. The van der Waals surface area contributed by atoms with E-state index >= 15 is 0 Å². The predicted molar refractivity (Wildman–Crippen MR) is 125 cm³/mol. The van der Waals surface area contributed by atoms with Crippen LogP contribution in [0.3, 0.4) is 0 Å². The van der Waals surface area contributed by atoms with Gasteiger partial charge in [-0.3, -0.25) is 14.7 Å². The number of halogens is 1. The van der Waals surface area contributed by atoms with Crippen molar-refractivity contribution in [2.45, 2.75) is 32.1 Å². The molecule has 6 nitrogen and oxygen atoms in total. The van der Waals surface area contributed by atoms with Crippen LogP contribution >= 0.6 is 24.0 Å². The van der Waals surface area contributed by atoms with Gasteiger partial charge < -0.3 is 15.5 Å². The van der Waals surface area contributed by atoms with Gasteiger partial charge in [-0.25, -0.2) is 0 Å². The molecule has 2 fully saturated rings. The van der Waals surface area contributed by atoms with Crippen LogP contribution in [0, 0.1) is 0 Å². The van der Waals surface area contributed by atoms with Gasteiger partial charge >= 0.3 is 0 Å². The van der Waals surface area contributed by atoms with Gasteiger partial charge in [-0.05, 0) is 25.3 Å². The number of carbonyl (C=O) groups excluding carboxylic acids is 1. The van der Waals surface area contributed by atoms with Gasteiger partial charge in [0.05, 0.1) is 6.54 Å². The average molecular weight is 499 g/mol. The van der Waals surface area contributed by atoms with Crippen LogP contribution in [0.25, 0.3) is 0 Å². The number of hydrogen-bond donors (Lipinski definition) is 2. The van der Waals surface area contributed by atoms with E-state index in [1.54, 1.807) is 6.92 Å². The summed E-state index contributed by atoms with van der Waals surface area (Å²) in [6.07, 6.45) is 2.45. The van der Waals surface area contributed by atoms with Crippen LogP contribution in [-0.2, 0) is 10.2 Å². The lowest BCUT2D eigenvalue weighted by molar-refractivity contribution is -0.130. The zero-order valence-electron chi connectivity index (χ0n) is 17.1. The zero-order valence-corrected chi connectivity index (χ0v) is 19.4. The van der Waals surface area contributed by atoms with Crippen molar-refractivity contribution < 1.29 is 4.79 Å². The summed E-state index contributed by atoms with van der Waals surface area (Å²) in [7, 11) is 0. The average Bonchev–Trinajstić information content (AvgIpc) is 3.48. The molecule has 0 bridgehead atoms. The van der Waals surface area contributed by atoms with Crippen molar-refractivity contribution in [3.05, 3.63) is 35.9 Å². The smallest absolute Gasteiger partial charge is 0.219 e. The highest BCUT2D eigenvalue weighted by Crippen LogP contribution is 2.48. The maximum atomic E-state index is 11.4. The molecular weight excluding hydrogens is 465 g/mol. The summed E-state index contributed by atoms with van der Waals surface area (Å²) in [5.41, 5.74) is 1.65. The monoisotopic (exact) mass is 499 g/mol. The Morgan fingerprint density at radius 1 is 1.11 bits per heavy atom. The largest absolute Gasteiger partial charge is 0.357 e. The molecule has 2 N–H and O–H groups in total. The van der Waals surface area contributed by atoms with Gasteiger partial charge in [-0.2, -0.15) is 0 Å². The molecule has 1 heterocycles. The number of rotatable bonds is 7. The van der Waals surface area contributed by atoms with Crippen molar-refractivity contribution >= 4 is 35.8 Å². The lowest BCUT2D eigenvalue weighted by atomic mass is 9.96. The second-order valence-electron chi connectivity index (χ2n) is 7.62. The first-order valence-corrected chi connectivity index (χ1v) is 10.2. The molecule has 0 aromatic heterocycles. The summed E-state index contributed by atoms with van der Waals surface area (Å²) in [6, 6.07) is 10.8. The van der Waals surface area contributed by atoms with Gasteiger partial charge in [0.2, 0.25) is 5.91 Å². The Morgan fingerprint density at radius 2 is 1.79 bits per heavy atom. The summed E-state index contributed by atoms with van der Waals surface area (Å²) in [4.78, 5) is 20.6.